The van der Waals surface area contributed by atoms with Gasteiger partial charge in [-0.15, -0.1) is 0 Å². The molecule has 1 atom stereocenters. The minimum absolute atomic E-state index is 0.145. The van der Waals surface area contributed by atoms with Gasteiger partial charge >= 0.3 is 0 Å². The van der Waals surface area contributed by atoms with Gasteiger partial charge in [-0.1, -0.05) is 6.92 Å². The molecule has 4 N–H and O–H groups in total. The van der Waals surface area contributed by atoms with Gasteiger partial charge in [-0.2, -0.15) is 0 Å². The van der Waals surface area contributed by atoms with Crippen molar-refractivity contribution in [3.63, 3.8) is 0 Å². The molecule has 0 saturated carbocycles. The third-order valence-electron chi connectivity index (χ3n) is 3.53. The average molecular weight is 299 g/mol. The maximum atomic E-state index is 12.0. The first kappa shape index (κ1) is 15.1. The normalized spacial score (nSPS) is 19.5. The smallest absolute Gasteiger partial charge is 0.240 e. The number of aliphatic hydroxyl groups excluding tert-OH is 1. The molecule has 1 heterocycles. The first-order chi connectivity index (χ1) is 9.47. The van der Waals surface area contributed by atoms with Crippen LogP contribution >= 0.6 is 0 Å². The highest BCUT2D eigenvalue weighted by Crippen LogP contribution is 2.30. The zero-order valence-electron chi connectivity index (χ0n) is 11.5. The van der Waals surface area contributed by atoms with Crippen LogP contribution in [0.4, 0.5) is 11.4 Å². The lowest BCUT2D eigenvalue weighted by molar-refractivity contribution is 0.238. The van der Waals surface area contributed by atoms with Crippen molar-refractivity contribution in [2.24, 2.45) is 5.92 Å². The summed E-state index contributed by atoms with van der Waals surface area (Å²) in [6, 6.07) is 4.73. The molecule has 0 bridgehead atoms. The van der Waals surface area contributed by atoms with Gasteiger partial charge in [-0.05, 0) is 24.6 Å². The van der Waals surface area contributed by atoms with Crippen molar-refractivity contribution in [1.82, 2.24) is 4.72 Å². The molecule has 2 rings (SSSR count). The molecule has 0 radical (unpaired) electrons. The number of hydrogen-bond acceptors (Lipinski definition) is 5. The van der Waals surface area contributed by atoms with E-state index in [-0.39, 0.29) is 17.4 Å². The summed E-state index contributed by atoms with van der Waals surface area (Å²) in [5.41, 5.74) is 7.23. The van der Waals surface area contributed by atoms with E-state index in [2.05, 4.69) is 4.72 Å². The third-order valence-corrected chi connectivity index (χ3v) is 5.07. The number of nitrogens with zero attached hydrogens (tertiary/aromatic N) is 1. The molecule has 20 heavy (non-hydrogen) atoms. The van der Waals surface area contributed by atoms with Crippen LogP contribution in [0.1, 0.15) is 13.3 Å². The Morgan fingerprint density at radius 2 is 2.25 bits per heavy atom. The lowest BCUT2D eigenvalue weighted by Gasteiger charge is -2.21. The number of nitrogens with one attached hydrogen (secondary N) is 1. The van der Waals surface area contributed by atoms with Gasteiger partial charge in [-0.3, -0.25) is 0 Å². The SMILES string of the molecule is CCNS(=O)(=O)c1ccc(N)c(N2CCC(CO)C2)c1. The van der Waals surface area contributed by atoms with Crippen molar-refractivity contribution >= 4 is 21.4 Å². The van der Waals surface area contributed by atoms with Crippen molar-refractivity contribution in [2.45, 2.75) is 18.2 Å². The fraction of sp³-hybridized carbons (Fsp3) is 0.538. The van der Waals surface area contributed by atoms with E-state index in [9.17, 15) is 13.5 Å². The van der Waals surface area contributed by atoms with E-state index in [1.165, 1.54) is 6.07 Å². The number of hydrogen-bond donors (Lipinski definition) is 3. The summed E-state index contributed by atoms with van der Waals surface area (Å²) in [6.45, 7) is 3.71. The average Bonchev–Trinajstić information content (AvgIpc) is 2.87. The maximum Gasteiger partial charge on any atom is 0.240 e. The highest BCUT2D eigenvalue weighted by Gasteiger charge is 2.24. The van der Waals surface area contributed by atoms with E-state index in [0.717, 1.165) is 18.7 Å². The second kappa shape index (κ2) is 5.99. The predicted molar refractivity (Wildman–Crippen MR) is 79.1 cm³/mol. The number of nitrogens with two attached hydrogens (primary N) is 1. The van der Waals surface area contributed by atoms with Gasteiger partial charge in [0.1, 0.15) is 0 Å². The minimum atomic E-state index is -3.48. The van der Waals surface area contributed by atoms with Crippen LogP contribution in [-0.4, -0.2) is 39.8 Å². The van der Waals surface area contributed by atoms with Crippen LogP contribution in [0.15, 0.2) is 23.1 Å². The number of nitrogen functional groups attached to an aromatic ring is 1. The van der Waals surface area contributed by atoms with Crippen molar-refractivity contribution < 1.29 is 13.5 Å². The Morgan fingerprint density at radius 3 is 2.85 bits per heavy atom. The molecule has 0 spiro atoms. The van der Waals surface area contributed by atoms with Gasteiger partial charge in [0.05, 0.1) is 16.3 Å². The molecular formula is C13H21N3O3S. The van der Waals surface area contributed by atoms with Crippen LogP contribution in [0.5, 0.6) is 0 Å². The number of anilines is 2. The predicted octanol–water partition coefficient (Wildman–Crippen LogP) is 0.386. The first-order valence-electron chi connectivity index (χ1n) is 6.73. The fourth-order valence-electron chi connectivity index (χ4n) is 2.44. The van der Waals surface area contributed by atoms with Gasteiger partial charge in [0.2, 0.25) is 10.0 Å². The van der Waals surface area contributed by atoms with E-state index in [4.69, 9.17) is 5.73 Å². The van der Waals surface area contributed by atoms with Gasteiger partial charge < -0.3 is 15.7 Å². The molecule has 1 aliphatic rings. The van der Waals surface area contributed by atoms with E-state index >= 15 is 0 Å². The summed E-state index contributed by atoms with van der Waals surface area (Å²) >= 11 is 0. The van der Waals surface area contributed by atoms with Crippen molar-refractivity contribution in [3.8, 4) is 0 Å². The Morgan fingerprint density at radius 1 is 1.50 bits per heavy atom. The van der Waals surface area contributed by atoms with Crippen LogP contribution in [0.2, 0.25) is 0 Å². The van der Waals surface area contributed by atoms with Gasteiger partial charge in [0.25, 0.3) is 0 Å². The monoisotopic (exact) mass is 299 g/mol. The molecule has 0 amide bonds. The summed E-state index contributed by atoms with van der Waals surface area (Å²) in [5, 5.41) is 9.19. The number of rotatable bonds is 5. The zero-order valence-corrected chi connectivity index (χ0v) is 12.4. The second-order valence-electron chi connectivity index (χ2n) is 5.01. The molecule has 1 aromatic carbocycles. The van der Waals surface area contributed by atoms with E-state index in [0.29, 0.717) is 18.8 Å². The third kappa shape index (κ3) is 3.05. The van der Waals surface area contributed by atoms with Crippen molar-refractivity contribution in [3.05, 3.63) is 18.2 Å². The summed E-state index contributed by atoms with van der Waals surface area (Å²) < 4.78 is 26.5. The molecule has 0 aliphatic carbocycles. The lowest BCUT2D eigenvalue weighted by atomic mass is 10.1. The molecule has 7 heteroatoms. The van der Waals surface area contributed by atoms with Gasteiger partial charge in [-0.25, -0.2) is 13.1 Å². The number of aliphatic hydroxyl groups is 1. The molecule has 0 aromatic heterocycles. The van der Waals surface area contributed by atoms with E-state index in [1.54, 1.807) is 19.1 Å². The summed E-state index contributed by atoms with van der Waals surface area (Å²) in [4.78, 5) is 2.25. The standard InChI is InChI=1S/C13H21N3O3S/c1-2-15-20(18,19)11-3-4-12(14)13(7-11)16-6-5-10(8-16)9-17/h3-4,7,10,15,17H,2,5-6,8-9,14H2,1H3. The van der Waals surface area contributed by atoms with Crippen LogP contribution in [0.25, 0.3) is 0 Å². The highest BCUT2D eigenvalue weighted by atomic mass is 32.2. The molecule has 1 aliphatic heterocycles. The molecule has 1 fully saturated rings. The Balaban J connectivity index is 2.30. The summed E-state index contributed by atoms with van der Waals surface area (Å²) in [7, 11) is -3.48. The Hall–Kier alpha value is -1.31. The Kier molecular flexibility index (Phi) is 4.52. The van der Waals surface area contributed by atoms with Gasteiger partial charge in [0.15, 0.2) is 0 Å². The molecule has 1 unspecified atom stereocenters. The largest absolute Gasteiger partial charge is 0.397 e. The molecule has 6 nitrogen and oxygen atoms in total. The first-order valence-corrected chi connectivity index (χ1v) is 8.21. The molecular weight excluding hydrogens is 278 g/mol. The Labute approximate surface area is 119 Å². The number of sulfonamides is 1. The van der Waals surface area contributed by atoms with Crippen LogP contribution in [-0.2, 0) is 10.0 Å². The molecule has 112 valence electrons. The number of benzene rings is 1. The lowest BCUT2D eigenvalue weighted by Crippen LogP contribution is -2.25. The summed E-state index contributed by atoms with van der Waals surface area (Å²) in [6.07, 6.45) is 0.889. The second-order valence-corrected chi connectivity index (χ2v) is 6.77. The van der Waals surface area contributed by atoms with E-state index < -0.39 is 10.0 Å². The fourth-order valence-corrected chi connectivity index (χ4v) is 3.50. The van der Waals surface area contributed by atoms with Crippen LogP contribution in [0.3, 0.4) is 0 Å². The van der Waals surface area contributed by atoms with Gasteiger partial charge in [0, 0.05) is 32.2 Å². The minimum Gasteiger partial charge on any atom is -0.397 e. The molecule has 1 saturated heterocycles. The van der Waals surface area contributed by atoms with Crippen LogP contribution in [0, 0.1) is 5.92 Å². The maximum absolute atomic E-state index is 12.0. The Bertz CT molecular complexity index is 574. The molecule has 1 aromatic rings. The highest BCUT2D eigenvalue weighted by molar-refractivity contribution is 7.89. The van der Waals surface area contributed by atoms with Crippen molar-refractivity contribution in [2.75, 3.05) is 36.9 Å². The zero-order chi connectivity index (χ0) is 14.8. The topological polar surface area (TPSA) is 95.7 Å². The van der Waals surface area contributed by atoms with E-state index in [1.807, 2.05) is 4.90 Å². The quantitative estimate of drug-likeness (QED) is 0.683. The van der Waals surface area contributed by atoms with Crippen molar-refractivity contribution in [1.29, 1.82) is 0 Å². The van der Waals surface area contributed by atoms with Crippen LogP contribution < -0.4 is 15.4 Å². The summed E-state index contributed by atoms with van der Waals surface area (Å²) in [5.74, 6) is 0.225.